The van der Waals surface area contributed by atoms with E-state index >= 15 is 0 Å². The van der Waals surface area contributed by atoms with Crippen LogP contribution in [0.2, 0.25) is 5.02 Å². The second-order valence-corrected chi connectivity index (χ2v) is 3.64. The van der Waals surface area contributed by atoms with E-state index in [0.717, 1.165) is 11.1 Å². The molecule has 2 N–H and O–H groups in total. The molecule has 0 atom stereocenters. The minimum absolute atomic E-state index is 0.377. The topological polar surface area (TPSA) is 61.3 Å². The first-order valence-electron chi connectivity index (χ1n) is 4.73. The molecule has 0 amide bonds. The summed E-state index contributed by atoms with van der Waals surface area (Å²) in [5.74, 6) is 1.27. The van der Waals surface area contributed by atoms with Gasteiger partial charge in [-0.15, -0.1) is 0 Å². The third-order valence-corrected chi connectivity index (χ3v) is 2.57. The minimum atomic E-state index is 0.377. The number of halogens is 1. The Morgan fingerprint density at radius 3 is 2.94 bits per heavy atom. The average molecular weight is 239 g/mol. The monoisotopic (exact) mass is 238 g/mol. The minimum Gasteiger partial charge on any atom is -0.495 e. The molecule has 0 saturated carbocycles. The van der Waals surface area contributed by atoms with Crippen LogP contribution >= 0.6 is 11.6 Å². The number of rotatable bonds is 3. The maximum atomic E-state index is 6.02. The lowest BCUT2D eigenvalue weighted by Crippen LogP contribution is -1.96. The summed E-state index contributed by atoms with van der Waals surface area (Å²) in [5.41, 5.74) is 7.25. The molecule has 84 valence electrons. The van der Waals surface area contributed by atoms with E-state index in [1.165, 1.54) is 0 Å². The van der Waals surface area contributed by atoms with Crippen LogP contribution < -0.4 is 10.5 Å². The Hall–Kier alpha value is -1.52. The number of nitrogens with two attached hydrogens (primary N) is 1. The SMILES string of the molecule is COc1ccc(-c2oncc2CN)cc1Cl. The van der Waals surface area contributed by atoms with Crippen LogP contribution in [0.5, 0.6) is 5.75 Å². The van der Waals surface area contributed by atoms with Crippen molar-refractivity contribution in [1.82, 2.24) is 5.16 Å². The molecular weight excluding hydrogens is 228 g/mol. The first kappa shape index (κ1) is 11.0. The quantitative estimate of drug-likeness (QED) is 0.892. The molecule has 2 rings (SSSR count). The molecule has 4 nitrogen and oxygen atoms in total. The van der Waals surface area contributed by atoms with Crippen LogP contribution in [0, 0.1) is 0 Å². The number of hydrogen-bond acceptors (Lipinski definition) is 4. The Morgan fingerprint density at radius 2 is 2.31 bits per heavy atom. The number of nitrogens with zero attached hydrogens (tertiary/aromatic N) is 1. The van der Waals surface area contributed by atoms with Gasteiger partial charge in [0, 0.05) is 17.7 Å². The van der Waals surface area contributed by atoms with Gasteiger partial charge in [0.15, 0.2) is 5.76 Å². The number of ether oxygens (including phenoxy) is 1. The fourth-order valence-corrected chi connectivity index (χ4v) is 1.71. The molecule has 16 heavy (non-hydrogen) atoms. The van der Waals surface area contributed by atoms with Crippen LogP contribution in [0.3, 0.4) is 0 Å². The summed E-state index contributed by atoms with van der Waals surface area (Å²) in [5, 5.41) is 4.24. The standard InChI is InChI=1S/C11H11ClN2O2/c1-15-10-3-2-7(4-9(10)12)11-8(5-13)6-14-16-11/h2-4,6H,5,13H2,1H3. The molecular formula is C11H11ClN2O2. The van der Waals surface area contributed by atoms with Crippen LogP contribution in [0.15, 0.2) is 28.9 Å². The van der Waals surface area contributed by atoms with Gasteiger partial charge in [-0.1, -0.05) is 16.8 Å². The van der Waals surface area contributed by atoms with E-state index < -0.39 is 0 Å². The molecule has 1 aromatic heterocycles. The maximum Gasteiger partial charge on any atom is 0.171 e. The van der Waals surface area contributed by atoms with E-state index in [1.807, 2.05) is 6.07 Å². The number of aromatic nitrogens is 1. The first-order chi connectivity index (χ1) is 7.76. The van der Waals surface area contributed by atoms with Gasteiger partial charge in [-0.05, 0) is 18.2 Å². The Labute approximate surface area is 97.9 Å². The van der Waals surface area contributed by atoms with Crippen molar-refractivity contribution < 1.29 is 9.26 Å². The molecule has 0 aliphatic rings. The lowest BCUT2D eigenvalue weighted by atomic mass is 10.1. The fourth-order valence-electron chi connectivity index (χ4n) is 1.45. The summed E-state index contributed by atoms with van der Waals surface area (Å²) in [6.07, 6.45) is 1.60. The van der Waals surface area contributed by atoms with Gasteiger partial charge >= 0.3 is 0 Å². The Bertz CT molecular complexity index is 496. The van der Waals surface area contributed by atoms with Crippen LogP contribution in [0.1, 0.15) is 5.56 Å². The van der Waals surface area contributed by atoms with E-state index in [4.69, 9.17) is 26.6 Å². The molecule has 0 aliphatic carbocycles. The highest BCUT2D eigenvalue weighted by Gasteiger charge is 2.11. The molecule has 0 saturated heterocycles. The second-order valence-electron chi connectivity index (χ2n) is 3.23. The van der Waals surface area contributed by atoms with Gasteiger partial charge < -0.3 is 15.0 Å². The van der Waals surface area contributed by atoms with Crippen molar-refractivity contribution in [2.75, 3.05) is 7.11 Å². The number of benzene rings is 1. The van der Waals surface area contributed by atoms with Crippen molar-refractivity contribution >= 4 is 11.6 Å². The molecule has 5 heteroatoms. The molecule has 2 aromatic rings. The second kappa shape index (κ2) is 4.55. The molecule has 0 aliphatic heterocycles. The first-order valence-corrected chi connectivity index (χ1v) is 5.11. The zero-order valence-electron chi connectivity index (χ0n) is 8.74. The predicted octanol–water partition coefficient (Wildman–Crippen LogP) is 2.46. The predicted molar refractivity (Wildman–Crippen MR) is 61.4 cm³/mol. The van der Waals surface area contributed by atoms with Crippen molar-refractivity contribution in [3.8, 4) is 17.1 Å². The number of hydrogen-bond donors (Lipinski definition) is 1. The number of methoxy groups -OCH3 is 1. The molecule has 0 bridgehead atoms. The van der Waals surface area contributed by atoms with Gasteiger partial charge in [0.2, 0.25) is 0 Å². The smallest absolute Gasteiger partial charge is 0.171 e. The highest BCUT2D eigenvalue weighted by atomic mass is 35.5. The van der Waals surface area contributed by atoms with Gasteiger partial charge in [0.1, 0.15) is 5.75 Å². The van der Waals surface area contributed by atoms with E-state index in [-0.39, 0.29) is 0 Å². The highest BCUT2D eigenvalue weighted by molar-refractivity contribution is 6.32. The fraction of sp³-hybridized carbons (Fsp3) is 0.182. The van der Waals surface area contributed by atoms with Crippen LogP contribution in [0.25, 0.3) is 11.3 Å². The summed E-state index contributed by atoms with van der Waals surface area (Å²) in [6, 6.07) is 5.39. The van der Waals surface area contributed by atoms with Crippen LogP contribution in [0.4, 0.5) is 0 Å². The van der Waals surface area contributed by atoms with Gasteiger partial charge in [-0.3, -0.25) is 0 Å². The molecule has 0 radical (unpaired) electrons. The van der Waals surface area contributed by atoms with Gasteiger partial charge in [0.05, 0.1) is 18.3 Å². The normalized spacial score (nSPS) is 10.4. The van der Waals surface area contributed by atoms with Crippen molar-refractivity contribution in [3.05, 3.63) is 35.0 Å². The van der Waals surface area contributed by atoms with E-state index in [1.54, 1.807) is 25.4 Å². The van der Waals surface area contributed by atoms with Crippen LogP contribution in [-0.2, 0) is 6.54 Å². The van der Waals surface area contributed by atoms with Gasteiger partial charge in [0.25, 0.3) is 0 Å². The molecule has 0 unspecified atom stereocenters. The van der Waals surface area contributed by atoms with E-state index in [2.05, 4.69) is 5.16 Å². The summed E-state index contributed by atoms with van der Waals surface area (Å²) in [7, 11) is 1.57. The Balaban J connectivity index is 2.45. The summed E-state index contributed by atoms with van der Waals surface area (Å²) >= 11 is 6.02. The van der Waals surface area contributed by atoms with Crippen LogP contribution in [-0.4, -0.2) is 12.3 Å². The average Bonchev–Trinajstić information content (AvgIpc) is 2.77. The van der Waals surface area contributed by atoms with Crippen molar-refractivity contribution in [2.45, 2.75) is 6.54 Å². The molecule has 1 heterocycles. The third kappa shape index (κ3) is 1.89. The maximum absolute atomic E-state index is 6.02. The van der Waals surface area contributed by atoms with E-state index in [0.29, 0.717) is 23.1 Å². The third-order valence-electron chi connectivity index (χ3n) is 2.28. The lowest BCUT2D eigenvalue weighted by molar-refractivity contribution is 0.414. The molecule has 0 spiro atoms. The summed E-state index contributed by atoms with van der Waals surface area (Å²) in [4.78, 5) is 0. The zero-order valence-corrected chi connectivity index (χ0v) is 9.49. The molecule has 0 fully saturated rings. The lowest BCUT2D eigenvalue weighted by Gasteiger charge is -2.04. The summed E-state index contributed by atoms with van der Waals surface area (Å²) < 4.78 is 10.2. The van der Waals surface area contributed by atoms with Crippen molar-refractivity contribution in [3.63, 3.8) is 0 Å². The highest BCUT2D eigenvalue weighted by Crippen LogP contribution is 2.31. The largest absolute Gasteiger partial charge is 0.495 e. The van der Waals surface area contributed by atoms with Gasteiger partial charge in [-0.2, -0.15) is 0 Å². The Morgan fingerprint density at radius 1 is 1.50 bits per heavy atom. The zero-order chi connectivity index (χ0) is 11.5. The molecule has 1 aromatic carbocycles. The van der Waals surface area contributed by atoms with E-state index in [9.17, 15) is 0 Å². The summed E-state index contributed by atoms with van der Waals surface area (Å²) in [6.45, 7) is 0.377. The van der Waals surface area contributed by atoms with Crippen molar-refractivity contribution in [1.29, 1.82) is 0 Å². The van der Waals surface area contributed by atoms with Gasteiger partial charge in [-0.25, -0.2) is 0 Å². The Kier molecular flexibility index (Phi) is 3.12. The van der Waals surface area contributed by atoms with Crippen molar-refractivity contribution in [2.24, 2.45) is 5.73 Å².